The van der Waals surface area contributed by atoms with Gasteiger partial charge in [0.05, 0.1) is 5.69 Å². The Morgan fingerprint density at radius 2 is 2.27 bits per heavy atom. The summed E-state index contributed by atoms with van der Waals surface area (Å²) in [6, 6.07) is 6.10. The van der Waals surface area contributed by atoms with Crippen LogP contribution in [0.5, 0.6) is 0 Å². The summed E-state index contributed by atoms with van der Waals surface area (Å²) in [5, 5.41) is 3.64. The fraction of sp³-hybridized carbons (Fsp3) is 0.583. The Labute approximate surface area is 97.1 Å². The fourth-order valence-corrected chi connectivity index (χ4v) is 1.58. The van der Waals surface area contributed by atoms with Crippen LogP contribution in [0, 0.1) is 6.92 Å². The molecule has 1 N–H and O–H groups in total. The van der Waals surface area contributed by atoms with Crippen LogP contribution in [-0.4, -0.2) is 16.9 Å². The molecule has 1 aromatic rings. The minimum atomic E-state index is 0.281. The van der Waals surface area contributed by atoms with E-state index in [2.05, 4.69) is 10.3 Å². The zero-order valence-corrected chi connectivity index (χ0v) is 10.2. The van der Waals surface area contributed by atoms with Crippen molar-refractivity contribution in [1.29, 1.82) is 0 Å². The molecule has 0 bridgehead atoms. The Morgan fingerprint density at radius 1 is 1.47 bits per heavy atom. The minimum absolute atomic E-state index is 0.281. The second-order valence-corrected chi connectivity index (χ2v) is 4.62. The first-order chi connectivity index (χ1) is 7.18. The Balaban J connectivity index is 2.15. The van der Waals surface area contributed by atoms with Crippen molar-refractivity contribution in [1.82, 2.24) is 10.3 Å². The van der Waals surface area contributed by atoms with E-state index >= 15 is 0 Å². The van der Waals surface area contributed by atoms with Gasteiger partial charge in [0, 0.05) is 17.6 Å². The smallest absolute Gasteiger partial charge is 0.0544 e. The van der Waals surface area contributed by atoms with Crippen molar-refractivity contribution in [2.24, 2.45) is 0 Å². The average molecular weight is 227 g/mol. The lowest BCUT2D eigenvalue weighted by molar-refractivity contribution is 0.612. The fourth-order valence-electron chi connectivity index (χ4n) is 1.42. The van der Waals surface area contributed by atoms with Crippen molar-refractivity contribution in [2.45, 2.75) is 38.6 Å². The molecule has 1 aromatic heterocycles. The molecule has 0 aromatic carbocycles. The summed E-state index contributed by atoms with van der Waals surface area (Å²) in [7, 11) is 0. The number of halogens is 1. The normalized spacial score (nSPS) is 12.7. The highest BCUT2D eigenvalue weighted by atomic mass is 35.5. The molecule has 0 saturated carbocycles. The maximum Gasteiger partial charge on any atom is 0.0544 e. The minimum Gasteiger partial charge on any atom is -0.311 e. The van der Waals surface area contributed by atoms with Gasteiger partial charge < -0.3 is 5.32 Å². The van der Waals surface area contributed by atoms with Crippen LogP contribution >= 0.6 is 11.6 Å². The molecule has 1 heterocycles. The number of hydrogen-bond acceptors (Lipinski definition) is 2. The van der Waals surface area contributed by atoms with E-state index in [0.717, 1.165) is 37.3 Å². The Kier molecular flexibility index (Phi) is 5.66. The highest BCUT2D eigenvalue weighted by Crippen LogP contribution is 2.02. The summed E-state index contributed by atoms with van der Waals surface area (Å²) in [4.78, 5) is 4.42. The maximum atomic E-state index is 5.85. The van der Waals surface area contributed by atoms with Gasteiger partial charge in [-0.1, -0.05) is 6.07 Å². The monoisotopic (exact) mass is 226 g/mol. The molecule has 0 fully saturated rings. The topological polar surface area (TPSA) is 24.9 Å². The van der Waals surface area contributed by atoms with Gasteiger partial charge in [0.1, 0.15) is 0 Å². The van der Waals surface area contributed by atoms with Crippen LogP contribution in [0.25, 0.3) is 0 Å². The molecule has 1 unspecified atom stereocenters. The van der Waals surface area contributed by atoms with Gasteiger partial charge in [0.25, 0.3) is 0 Å². The first kappa shape index (κ1) is 12.5. The molecule has 1 rings (SSSR count). The summed E-state index contributed by atoms with van der Waals surface area (Å²) < 4.78 is 0. The van der Waals surface area contributed by atoms with E-state index in [4.69, 9.17) is 11.6 Å². The van der Waals surface area contributed by atoms with E-state index in [9.17, 15) is 0 Å². The van der Waals surface area contributed by atoms with Crippen molar-refractivity contribution in [3.05, 3.63) is 29.6 Å². The lowest BCUT2D eigenvalue weighted by atomic mass is 10.2. The highest BCUT2D eigenvalue weighted by molar-refractivity contribution is 6.20. The Morgan fingerprint density at radius 3 is 2.93 bits per heavy atom. The summed E-state index contributed by atoms with van der Waals surface area (Å²) in [5.41, 5.74) is 2.18. The first-order valence-corrected chi connectivity index (χ1v) is 5.89. The highest BCUT2D eigenvalue weighted by Gasteiger charge is 1.97. The molecule has 0 amide bonds. The number of nitrogens with one attached hydrogen (secondary N) is 1. The van der Waals surface area contributed by atoms with Crippen molar-refractivity contribution >= 4 is 11.6 Å². The number of hydrogen-bond donors (Lipinski definition) is 1. The van der Waals surface area contributed by atoms with E-state index in [0.29, 0.717) is 0 Å². The zero-order valence-electron chi connectivity index (χ0n) is 9.46. The van der Waals surface area contributed by atoms with Gasteiger partial charge in [-0.3, -0.25) is 4.98 Å². The quantitative estimate of drug-likeness (QED) is 0.596. The van der Waals surface area contributed by atoms with Gasteiger partial charge in [-0.2, -0.15) is 0 Å². The third-order valence-electron chi connectivity index (χ3n) is 2.21. The van der Waals surface area contributed by atoms with Crippen LogP contribution in [0.1, 0.15) is 31.2 Å². The molecule has 0 aliphatic rings. The van der Waals surface area contributed by atoms with Gasteiger partial charge in [-0.05, 0) is 45.4 Å². The van der Waals surface area contributed by atoms with Crippen LogP contribution in [0.2, 0.25) is 0 Å². The average Bonchev–Trinajstić information content (AvgIpc) is 2.17. The molecule has 2 nitrogen and oxygen atoms in total. The molecule has 0 radical (unpaired) electrons. The Hall–Kier alpha value is -0.600. The van der Waals surface area contributed by atoms with Crippen LogP contribution in [0.3, 0.4) is 0 Å². The molecular weight excluding hydrogens is 208 g/mol. The molecule has 0 saturated heterocycles. The van der Waals surface area contributed by atoms with Gasteiger partial charge >= 0.3 is 0 Å². The van der Waals surface area contributed by atoms with E-state index in [1.54, 1.807) is 0 Å². The third-order valence-corrected chi connectivity index (χ3v) is 2.43. The molecule has 3 heteroatoms. The molecular formula is C12H19ClN2. The third kappa shape index (κ3) is 5.75. The predicted octanol–water partition coefficient (Wildman–Crippen LogP) is 2.89. The van der Waals surface area contributed by atoms with E-state index in [1.165, 1.54) is 0 Å². The van der Waals surface area contributed by atoms with Gasteiger partial charge in [0.15, 0.2) is 0 Å². The summed E-state index contributed by atoms with van der Waals surface area (Å²) in [6.45, 7) is 5.90. The van der Waals surface area contributed by atoms with Crippen LogP contribution in [0.15, 0.2) is 18.2 Å². The number of rotatable bonds is 6. The lowest BCUT2D eigenvalue weighted by Gasteiger charge is -2.05. The van der Waals surface area contributed by atoms with E-state index < -0.39 is 0 Å². The number of aryl methyl sites for hydroxylation is 1. The van der Waals surface area contributed by atoms with Gasteiger partial charge in [-0.15, -0.1) is 11.6 Å². The lowest BCUT2D eigenvalue weighted by Crippen LogP contribution is -2.16. The Bertz CT molecular complexity index is 287. The number of nitrogens with zero attached hydrogens (tertiary/aromatic N) is 1. The van der Waals surface area contributed by atoms with Crippen molar-refractivity contribution in [2.75, 3.05) is 6.54 Å². The van der Waals surface area contributed by atoms with Crippen LogP contribution in [-0.2, 0) is 6.54 Å². The molecule has 15 heavy (non-hydrogen) atoms. The number of alkyl halides is 1. The molecule has 0 aliphatic carbocycles. The standard InChI is InChI=1S/C12H19ClN2/c1-10(13)5-4-8-14-9-12-7-3-6-11(2)15-12/h3,6-7,10,14H,4-5,8-9H2,1-2H3. The van der Waals surface area contributed by atoms with Crippen LogP contribution < -0.4 is 5.32 Å². The first-order valence-electron chi connectivity index (χ1n) is 5.46. The van der Waals surface area contributed by atoms with Crippen molar-refractivity contribution in [3.8, 4) is 0 Å². The van der Waals surface area contributed by atoms with Crippen molar-refractivity contribution in [3.63, 3.8) is 0 Å². The second-order valence-electron chi connectivity index (χ2n) is 3.87. The summed E-state index contributed by atoms with van der Waals surface area (Å²) in [5.74, 6) is 0. The molecule has 0 spiro atoms. The van der Waals surface area contributed by atoms with Crippen LogP contribution in [0.4, 0.5) is 0 Å². The van der Waals surface area contributed by atoms with Crippen molar-refractivity contribution < 1.29 is 0 Å². The van der Waals surface area contributed by atoms with E-state index in [-0.39, 0.29) is 5.38 Å². The maximum absolute atomic E-state index is 5.85. The SMILES string of the molecule is Cc1cccc(CNCCCC(C)Cl)n1. The number of aromatic nitrogens is 1. The largest absolute Gasteiger partial charge is 0.311 e. The second kappa shape index (κ2) is 6.81. The van der Waals surface area contributed by atoms with Gasteiger partial charge in [-0.25, -0.2) is 0 Å². The van der Waals surface area contributed by atoms with Gasteiger partial charge in [0.2, 0.25) is 0 Å². The molecule has 1 atom stereocenters. The summed E-state index contributed by atoms with van der Waals surface area (Å²) in [6.07, 6.45) is 2.19. The molecule has 0 aliphatic heterocycles. The number of pyridine rings is 1. The zero-order chi connectivity index (χ0) is 11.1. The summed E-state index contributed by atoms with van der Waals surface area (Å²) >= 11 is 5.85. The predicted molar refractivity (Wildman–Crippen MR) is 65.2 cm³/mol. The van der Waals surface area contributed by atoms with E-state index in [1.807, 2.05) is 32.0 Å². The molecule has 84 valence electrons.